The minimum atomic E-state index is 0.338. The van der Waals surface area contributed by atoms with Crippen LogP contribution < -0.4 is 5.32 Å². The quantitative estimate of drug-likeness (QED) is 0.848. The molecule has 0 spiro atoms. The molecule has 0 amide bonds. The molecule has 1 atom stereocenters. The number of nitrogens with one attached hydrogen (secondary N) is 1. The number of phenols is 1. The van der Waals surface area contributed by atoms with Gasteiger partial charge in [-0.15, -0.1) is 0 Å². The SMILES string of the molecule is CC(NC1CCSCC1)c1ccc(O)cc1. The van der Waals surface area contributed by atoms with Gasteiger partial charge in [-0.05, 0) is 49.0 Å². The zero-order valence-corrected chi connectivity index (χ0v) is 10.5. The molecule has 3 heteroatoms. The second-order valence-corrected chi connectivity index (χ2v) is 5.59. The van der Waals surface area contributed by atoms with Crippen molar-refractivity contribution in [1.29, 1.82) is 0 Å². The first kappa shape index (κ1) is 11.8. The summed E-state index contributed by atoms with van der Waals surface area (Å²) in [5, 5.41) is 12.9. The van der Waals surface area contributed by atoms with Gasteiger partial charge in [0.2, 0.25) is 0 Å². The minimum Gasteiger partial charge on any atom is -0.508 e. The van der Waals surface area contributed by atoms with Crippen LogP contribution in [0.2, 0.25) is 0 Å². The normalized spacial score (nSPS) is 19.6. The van der Waals surface area contributed by atoms with Crippen molar-refractivity contribution >= 4 is 11.8 Å². The Morgan fingerprint density at radius 1 is 1.25 bits per heavy atom. The summed E-state index contributed by atoms with van der Waals surface area (Å²) in [5.74, 6) is 2.89. The molecule has 1 aliphatic rings. The Labute approximate surface area is 101 Å². The second kappa shape index (κ2) is 5.60. The van der Waals surface area contributed by atoms with Crippen molar-refractivity contribution in [2.45, 2.75) is 31.8 Å². The first-order valence-corrected chi connectivity index (χ1v) is 7.04. The van der Waals surface area contributed by atoms with Crippen LogP contribution in [0.4, 0.5) is 0 Å². The standard InChI is InChI=1S/C13H19NOS/c1-10(11-2-4-13(15)5-3-11)14-12-6-8-16-9-7-12/h2-5,10,12,14-15H,6-9H2,1H3. The molecule has 1 saturated heterocycles. The van der Waals surface area contributed by atoms with Crippen LogP contribution in [-0.2, 0) is 0 Å². The van der Waals surface area contributed by atoms with E-state index in [1.54, 1.807) is 12.1 Å². The molecule has 1 unspecified atom stereocenters. The third kappa shape index (κ3) is 3.16. The lowest BCUT2D eigenvalue weighted by Gasteiger charge is -2.26. The number of rotatable bonds is 3. The van der Waals surface area contributed by atoms with Gasteiger partial charge in [0.1, 0.15) is 5.75 Å². The summed E-state index contributed by atoms with van der Waals surface area (Å²) in [4.78, 5) is 0. The van der Waals surface area contributed by atoms with Gasteiger partial charge in [-0.25, -0.2) is 0 Å². The number of aromatic hydroxyl groups is 1. The monoisotopic (exact) mass is 237 g/mol. The molecule has 0 radical (unpaired) electrons. The van der Waals surface area contributed by atoms with E-state index in [9.17, 15) is 5.11 Å². The molecular formula is C13H19NOS. The lowest BCUT2D eigenvalue weighted by Crippen LogP contribution is -2.34. The highest BCUT2D eigenvalue weighted by molar-refractivity contribution is 7.99. The van der Waals surface area contributed by atoms with Gasteiger partial charge in [0.05, 0.1) is 0 Å². The molecule has 0 aromatic heterocycles. The maximum absolute atomic E-state index is 9.24. The van der Waals surface area contributed by atoms with E-state index >= 15 is 0 Å². The highest BCUT2D eigenvalue weighted by Gasteiger charge is 2.16. The highest BCUT2D eigenvalue weighted by Crippen LogP contribution is 2.21. The van der Waals surface area contributed by atoms with E-state index in [2.05, 4.69) is 24.0 Å². The van der Waals surface area contributed by atoms with Gasteiger partial charge in [-0.1, -0.05) is 12.1 Å². The first-order valence-electron chi connectivity index (χ1n) is 5.88. The maximum atomic E-state index is 9.24. The zero-order valence-electron chi connectivity index (χ0n) is 9.65. The van der Waals surface area contributed by atoms with Crippen LogP contribution in [0.3, 0.4) is 0 Å². The van der Waals surface area contributed by atoms with E-state index in [-0.39, 0.29) is 0 Å². The van der Waals surface area contributed by atoms with Crippen molar-refractivity contribution < 1.29 is 5.11 Å². The Hall–Kier alpha value is -0.670. The van der Waals surface area contributed by atoms with Gasteiger partial charge in [-0.2, -0.15) is 11.8 Å². The third-order valence-corrected chi connectivity index (χ3v) is 4.15. The summed E-state index contributed by atoms with van der Waals surface area (Å²) < 4.78 is 0. The molecule has 2 N–H and O–H groups in total. The summed E-state index contributed by atoms with van der Waals surface area (Å²) in [6.07, 6.45) is 2.54. The molecule has 1 aromatic carbocycles. The topological polar surface area (TPSA) is 32.3 Å². The molecule has 1 aliphatic heterocycles. The molecule has 0 bridgehead atoms. The molecule has 1 heterocycles. The number of benzene rings is 1. The molecule has 0 aliphatic carbocycles. The molecule has 1 fully saturated rings. The Morgan fingerprint density at radius 2 is 1.88 bits per heavy atom. The molecular weight excluding hydrogens is 218 g/mol. The smallest absolute Gasteiger partial charge is 0.115 e. The van der Waals surface area contributed by atoms with E-state index in [0.29, 0.717) is 17.8 Å². The number of phenolic OH excluding ortho intramolecular Hbond substituents is 1. The van der Waals surface area contributed by atoms with Crippen molar-refractivity contribution in [2.75, 3.05) is 11.5 Å². The van der Waals surface area contributed by atoms with Crippen molar-refractivity contribution in [3.8, 4) is 5.75 Å². The lowest BCUT2D eigenvalue weighted by atomic mass is 10.1. The average molecular weight is 237 g/mol. The first-order chi connectivity index (χ1) is 7.75. The Balaban J connectivity index is 1.91. The zero-order chi connectivity index (χ0) is 11.4. The average Bonchev–Trinajstić information content (AvgIpc) is 2.31. The summed E-state index contributed by atoms with van der Waals surface area (Å²) in [6.45, 7) is 2.19. The van der Waals surface area contributed by atoms with Crippen LogP contribution in [0.1, 0.15) is 31.4 Å². The fourth-order valence-corrected chi connectivity index (χ4v) is 3.18. The Kier molecular flexibility index (Phi) is 4.13. The fraction of sp³-hybridized carbons (Fsp3) is 0.538. The lowest BCUT2D eigenvalue weighted by molar-refractivity contribution is 0.430. The van der Waals surface area contributed by atoms with E-state index in [4.69, 9.17) is 0 Å². The summed E-state index contributed by atoms with van der Waals surface area (Å²) in [7, 11) is 0. The van der Waals surface area contributed by atoms with Gasteiger partial charge in [0.15, 0.2) is 0 Å². The predicted molar refractivity (Wildman–Crippen MR) is 70.0 cm³/mol. The van der Waals surface area contributed by atoms with Crippen LogP contribution in [0.5, 0.6) is 5.75 Å². The fourth-order valence-electron chi connectivity index (χ4n) is 2.08. The van der Waals surface area contributed by atoms with Crippen LogP contribution >= 0.6 is 11.8 Å². The molecule has 2 nitrogen and oxygen atoms in total. The van der Waals surface area contributed by atoms with Crippen LogP contribution in [-0.4, -0.2) is 22.7 Å². The molecule has 88 valence electrons. The maximum Gasteiger partial charge on any atom is 0.115 e. The van der Waals surface area contributed by atoms with Gasteiger partial charge >= 0.3 is 0 Å². The van der Waals surface area contributed by atoms with Gasteiger partial charge < -0.3 is 10.4 Å². The predicted octanol–water partition coefficient (Wildman–Crippen LogP) is 2.94. The van der Waals surface area contributed by atoms with E-state index < -0.39 is 0 Å². The molecule has 16 heavy (non-hydrogen) atoms. The minimum absolute atomic E-state index is 0.338. The largest absolute Gasteiger partial charge is 0.508 e. The van der Waals surface area contributed by atoms with Crippen LogP contribution in [0.15, 0.2) is 24.3 Å². The highest BCUT2D eigenvalue weighted by atomic mass is 32.2. The van der Waals surface area contributed by atoms with Gasteiger partial charge in [0.25, 0.3) is 0 Å². The van der Waals surface area contributed by atoms with Crippen LogP contribution in [0, 0.1) is 0 Å². The van der Waals surface area contributed by atoms with Crippen molar-refractivity contribution in [3.63, 3.8) is 0 Å². The molecule has 0 saturated carbocycles. The van der Waals surface area contributed by atoms with E-state index in [1.165, 1.54) is 29.9 Å². The summed E-state index contributed by atoms with van der Waals surface area (Å²) in [6, 6.07) is 8.52. The van der Waals surface area contributed by atoms with Gasteiger partial charge in [-0.3, -0.25) is 0 Å². The third-order valence-electron chi connectivity index (χ3n) is 3.10. The second-order valence-electron chi connectivity index (χ2n) is 4.37. The van der Waals surface area contributed by atoms with Crippen molar-refractivity contribution in [3.05, 3.63) is 29.8 Å². The van der Waals surface area contributed by atoms with E-state index in [1.807, 2.05) is 12.1 Å². The van der Waals surface area contributed by atoms with Crippen LogP contribution in [0.25, 0.3) is 0 Å². The molecule has 2 rings (SSSR count). The Morgan fingerprint density at radius 3 is 2.50 bits per heavy atom. The summed E-state index contributed by atoms with van der Waals surface area (Å²) >= 11 is 2.05. The van der Waals surface area contributed by atoms with Crippen molar-refractivity contribution in [2.24, 2.45) is 0 Å². The van der Waals surface area contributed by atoms with Crippen molar-refractivity contribution in [1.82, 2.24) is 5.32 Å². The summed E-state index contributed by atoms with van der Waals surface area (Å²) in [5.41, 5.74) is 1.25. The number of hydrogen-bond donors (Lipinski definition) is 2. The number of thioether (sulfide) groups is 1. The van der Waals surface area contributed by atoms with E-state index in [0.717, 1.165) is 0 Å². The van der Waals surface area contributed by atoms with Gasteiger partial charge in [0, 0.05) is 12.1 Å². The molecule has 1 aromatic rings. The number of hydrogen-bond acceptors (Lipinski definition) is 3. The Bertz CT molecular complexity index is 319.